The minimum Gasteiger partial charge on any atom is -0.376 e. The third-order valence-corrected chi connectivity index (χ3v) is 9.58. The number of amides is 1. The summed E-state index contributed by atoms with van der Waals surface area (Å²) < 4.78 is 13.2. The lowest BCUT2D eigenvalue weighted by Gasteiger charge is -2.59. The van der Waals surface area contributed by atoms with Gasteiger partial charge in [-0.15, -0.1) is 0 Å². The number of anilines is 2. The summed E-state index contributed by atoms with van der Waals surface area (Å²) in [6.07, 6.45) is 7.84. The van der Waals surface area contributed by atoms with Gasteiger partial charge in [-0.05, 0) is 105 Å². The number of nitrogens with one attached hydrogen (secondary N) is 1. The van der Waals surface area contributed by atoms with Crippen molar-refractivity contribution in [3.63, 3.8) is 0 Å². The number of carbonyl (C=O) groups excluding carboxylic acids is 1. The molecule has 2 aromatic carbocycles. The van der Waals surface area contributed by atoms with Crippen LogP contribution in [0.4, 0.5) is 21.5 Å². The normalized spacial score (nSPS) is 29.3. The molecule has 7 nitrogen and oxygen atoms in total. The first-order valence-electron chi connectivity index (χ1n) is 13.6. The zero-order chi connectivity index (χ0) is 25.7. The van der Waals surface area contributed by atoms with Crippen LogP contribution in [0.15, 0.2) is 42.5 Å². The monoisotopic (exact) mass is 506 g/mol. The molecule has 2 aromatic rings. The molecule has 1 amide bonds. The molecule has 0 unspecified atom stereocenters. The van der Waals surface area contributed by atoms with Gasteiger partial charge in [0.15, 0.2) is 0 Å². The second-order valence-corrected chi connectivity index (χ2v) is 11.9. The molecule has 1 N–H and O–H groups in total. The van der Waals surface area contributed by atoms with Crippen LogP contribution in [0, 0.1) is 39.1 Å². The molecule has 4 aliphatic carbocycles. The first kappa shape index (κ1) is 24.2. The molecule has 1 heterocycles. The summed E-state index contributed by atoms with van der Waals surface area (Å²) in [5.74, 6) is 2.01. The van der Waals surface area contributed by atoms with Crippen LogP contribution in [0.3, 0.4) is 0 Å². The van der Waals surface area contributed by atoms with Crippen molar-refractivity contribution in [3.05, 3.63) is 64.0 Å². The Morgan fingerprint density at radius 2 is 1.59 bits per heavy atom. The first-order valence-corrected chi connectivity index (χ1v) is 13.6. The van der Waals surface area contributed by atoms with Gasteiger partial charge in [0.2, 0.25) is 0 Å². The molecule has 1 aliphatic heterocycles. The molecule has 5 fully saturated rings. The van der Waals surface area contributed by atoms with Crippen molar-refractivity contribution >= 4 is 23.0 Å². The highest BCUT2D eigenvalue weighted by Gasteiger charge is 2.53. The highest BCUT2D eigenvalue weighted by atomic mass is 19.1. The van der Waals surface area contributed by atoms with Gasteiger partial charge in [-0.25, -0.2) is 4.39 Å². The summed E-state index contributed by atoms with van der Waals surface area (Å²) in [7, 11) is 0. The van der Waals surface area contributed by atoms with E-state index in [1.807, 2.05) is 12.1 Å². The van der Waals surface area contributed by atoms with Gasteiger partial charge >= 0.3 is 0 Å². The summed E-state index contributed by atoms with van der Waals surface area (Å²) in [5.41, 5.74) is 2.36. The van der Waals surface area contributed by atoms with Crippen LogP contribution in [0.1, 0.15) is 55.8 Å². The molecule has 0 spiro atoms. The van der Waals surface area contributed by atoms with Crippen molar-refractivity contribution in [1.29, 1.82) is 0 Å². The van der Waals surface area contributed by atoms with E-state index in [1.165, 1.54) is 62.8 Å². The highest BCUT2D eigenvalue weighted by Crippen LogP contribution is 2.61. The maximum atomic E-state index is 13.2. The number of nitro groups is 1. The molecule has 7 rings (SSSR count). The Balaban J connectivity index is 1.16. The van der Waals surface area contributed by atoms with Crippen LogP contribution in [0.5, 0.6) is 0 Å². The lowest BCUT2D eigenvalue weighted by Crippen LogP contribution is -2.53. The quantitative estimate of drug-likeness (QED) is 0.401. The van der Waals surface area contributed by atoms with E-state index in [0.717, 1.165) is 23.4 Å². The van der Waals surface area contributed by atoms with Crippen LogP contribution >= 0.6 is 0 Å². The topological polar surface area (TPSA) is 78.7 Å². The molecule has 0 radical (unpaired) electrons. The van der Waals surface area contributed by atoms with Gasteiger partial charge in [-0.2, -0.15) is 0 Å². The van der Waals surface area contributed by atoms with E-state index in [-0.39, 0.29) is 33.8 Å². The number of carbonyl (C=O) groups is 1. The predicted molar refractivity (Wildman–Crippen MR) is 141 cm³/mol. The number of nitro benzene ring substituents is 1. The van der Waals surface area contributed by atoms with Crippen molar-refractivity contribution < 1.29 is 14.1 Å². The number of benzene rings is 2. The number of piperazine rings is 1. The maximum absolute atomic E-state index is 13.2. The van der Waals surface area contributed by atoms with Gasteiger partial charge in [-0.3, -0.25) is 14.9 Å². The summed E-state index contributed by atoms with van der Waals surface area (Å²) in [5, 5.41) is 15.5. The van der Waals surface area contributed by atoms with E-state index in [4.69, 9.17) is 0 Å². The van der Waals surface area contributed by atoms with Crippen molar-refractivity contribution in [2.24, 2.45) is 23.2 Å². The number of rotatable bonds is 6. The molecule has 196 valence electrons. The summed E-state index contributed by atoms with van der Waals surface area (Å²) in [6.45, 7) is 4.58. The van der Waals surface area contributed by atoms with Crippen molar-refractivity contribution in [3.8, 4) is 0 Å². The van der Waals surface area contributed by atoms with Gasteiger partial charge in [-0.1, -0.05) is 0 Å². The maximum Gasteiger partial charge on any atom is 0.292 e. The predicted octanol–water partition coefficient (Wildman–Crippen LogP) is 5.71. The van der Waals surface area contributed by atoms with E-state index in [1.54, 1.807) is 11.0 Å². The molecule has 5 aliphatic rings. The fourth-order valence-electron chi connectivity index (χ4n) is 8.03. The van der Waals surface area contributed by atoms with Gasteiger partial charge in [0.05, 0.1) is 4.92 Å². The summed E-state index contributed by atoms with van der Waals surface area (Å²) in [6, 6.07) is 11.2. The molecule has 4 bridgehead atoms. The summed E-state index contributed by atoms with van der Waals surface area (Å²) in [4.78, 5) is 28.4. The van der Waals surface area contributed by atoms with Crippen LogP contribution in [0.25, 0.3) is 0 Å². The minimum atomic E-state index is -0.360. The van der Waals surface area contributed by atoms with Crippen molar-refractivity contribution in [1.82, 2.24) is 4.90 Å². The average molecular weight is 507 g/mol. The number of nitrogens with zero attached hydrogens (tertiary/aromatic N) is 3. The molecular weight excluding hydrogens is 471 g/mol. The van der Waals surface area contributed by atoms with E-state index in [0.29, 0.717) is 37.4 Å². The van der Waals surface area contributed by atoms with Gasteiger partial charge in [0, 0.05) is 49.5 Å². The Morgan fingerprint density at radius 1 is 1.00 bits per heavy atom. The number of halogens is 1. The molecule has 37 heavy (non-hydrogen) atoms. The fraction of sp³-hybridized carbons (Fsp3) is 0.552. The van der Waals surface area contributed by atoms with E-state index < -0.39 is 0 Å². The van der Waals surface area contributed by atoms with Gasteiger partial charge in [0.25, 0.3) is 11.6 Å². The Hall–Kier alpha value is -3.16. The Morgan fingerprint density at radius 3 is 2.16 bits per heavy atom. The molecule has 1 atom stereocenters. The Labute approximate surface area is 217 Å². The lowest BCUT2D eigenvalue weighted by atomic mass is 9.48. The molecule has 0 aromatic heterocycles. The van der Waals surface area contributed by atoms with Gasteiger partial charge < -0.3 is 15.1 Å². The highest BCUT2D eigenvalue weighted by molar-refractivity contribution is 5.94. The summed E-state index contributed by atoms with van der Waals surface area (Å²) >= 11 is 0. The lowest BCUT2D eigenvalue weighted by molar-refractivity contribution is -0.384. The second kappa shape index (κ2) is 9.30. The number of hydrogen-bond donors (Lipinski definition) is 1. The van der Waals surface area contributed by atoms with E-state index in [9.17, 15) is 19.3 Å². The SMILES string of the molecule is C[C@H](Nc1cc(N2CCN(C(=O)c3ccc(F)cc3)CC2)ccc1[N+](=O)[O-])C12CC3CC(CC(C3)C1)C2. The average Bonchev–Trinajstić information content (AvgIpc) is 2.88. The van der Waals surface area contributed by atoms with Crippen molar-refractivity contribution in [2.75, 3.05) is 36.4 Å². The minimum absolute atomic E-state index is 0.102. The smallest absolute Gasteiger partial charge is 0.292 e. The van der Waals surface area contributed by atoms with Gasteiger partial charge in [0.1, 0.15) is 11.5 Å². The fourth-order valence-corrected chi connectivity index (χ4v) is 8.03. The second-order valence-electron chi connectivity index (χ2n) is 11.9. The Bertz CT molecular complexity index is 1160. The molecule has 4 saturated carbocycles. The van der Waals surface area contributed by atoms with Crippen LogP contribution in [-0.2, 0) is 0 Å². The zero-order valence-corrected chi connectivity index (χ0v) is 21.4. The molecular formula is C29H35FN4O3. The molecule has 1 saturated heterocycles. The van der Waals surface area contributed by atoms with Crippen molar-refractivity contribution in [2.45, 2.75) is 51.5 Å². The van der Waals surface area contributed by atoms with E-state index >= 15 is 0 Å². The zero-order valence-electron chi connectivity index (χ0n) is 21.4. The third kappa shape index (κ3) is 4.55. The first-order chi connectivity index (χ1) is 17.8. The van der Waals surface area contributed by atoms with E-state index in [2.05, 4.69) is 17.1 Å². The Kier molecular flexibility index (Phi) is 6.08. The van der Waals surface area contributed by atoms with Crippen LogP contribution < -0.4 is 10.2 Å². The van der Waals surface area contributed by atoms with Crippen LogP contribution in [0.2, 0.25) is 0 Å². The third-order valence-electron chi connectivity index (χ3n) is 9.58. The largest absolute Gasteiger partial charge is 0.376 e. The molecule has 8 heteroatoms. The number of hydrogen-bond acceptors (Lipinski definition) is 5. The standard InChI is InChI=1S/C29H35FN4O3/c1-19(29-16-20-12-21(17-29)14-22(13-20)18-29)31-26-15-25(6-7-27(26)34(36)37)32-8-10-33(11-9-32)28(35)23-2-4-24(30)5-3-23/h2-7,15,19-22,31H,8-14,16-18H2,1H3/t19-,20?,21?,22?,29?/m0/s1. The van der Waals surface area contributed by atoms with Crippen LogP contribution in [-0.4, -0.2) is 48.0 Å².